The Labute approximate surface area is 165 Å². The van der Waals surface area contributed by atoms with Crippen LogP contribution in [0.25, 0.3) is 10.6 Å². The van der Waals surface area contributed by atoms with E-state index >= 15 is 0 Å². The average molecular weight is 398 g/mol. The van der Waals surface area contributed by atoms with Crippen molar-refractivity contribution >= 4 is 28.1 Å². The summed E-state index contributed by atoms with van der Waals surface area (Å²) in [4.78, 5) is 22.9. The summed E-state index contributed by atoms with van der Waals surface area (Å²) in [6.45, 7) is 4.24. The fourth-order valence-corrected chi connectivity index (χ4v) is 3.29. The van der Waals surface area contributed by atoms with Gasteiger partial charge in [-0.2, -0.15) is 0 Å². The molecule has 1 heterocycles. The second-order valence-corrected chi connectivity index (χ2v) is 7.26. The number of carbonyl (C=O) groups excluding carboxylic acids is 1. The second-order valence-electron chi connectivity index (χ2n) is 6.29. The number of benzene rings is 2. The number of methoxy groups -OCH3 is 1. The third-order valence-electron chi connectivity index (χ3n) is 4.11. The first-order valence-electron chi connectivity index (χ1n) is 8.46. The van der Waals surface area contributed by atoms with Crippen LogP contribution in [0.1, 0.15) is 35.7 Å². The van der Waals surface area contributed by atoms with Crippen LogP contribution in [0.15, 0.2) is 42.5 Å². The summed E-state index contributed by atoms with van der Waals surface area (Å²) < 4.78 is 4.94. The van der Waals surface area contributed by atoms with Crippen molar-refractivity contribution in [1.29, 1.82) is 0 Å². The molecule has 0 saturated heterocycles. The highest BCUT2D eigenvalue weighted by Crippen LogP contribution is 2.30. The minimum Gasteiger partial charge on any atom is -0.490 e. The summed E-state index contributed by atoms with van der Waals surface area (Å²) in [6.07, 6.45) is 0. The van der Waals surface area contributed by atoms with Crippen LogP contribution in [-0.4, -0.2) is 28.1 Å². The normalized spacial score (nSPS) is 10.7. The van der Waals surface area contributed by atoms with E-state index < -0.39 is 10.8 Å². The molecule has 3 rings (SSSR count). The molecule has 3 aromatic rings. The van der Waals surface area contributed by atoms with E-state index in [0.29, 0.717) is 16.1 Å². The lowest BCUT2D eigenvalue weighted by atomic mass is 10.0. The van der Waals surface area contributed by atoms with E-state index in [-0.39, 0.29) is 17.0 Å². The molecular weight excluding hydrogens is 380 g/mol. The number of carbonyl (C=O) groups is 1. The van der Waals surface area contributed by atoms with Gasteiger partial charge in [-0.05, 0) is 23.6 Å². The second kappa shape index (κ2) is 8.13. The fourth-order valence-electron chi connectivity index (χ4n) is 2.54. The highest BCUT2D eigenvalue weighted by Gasteiger charge is 2.19. The molecule has 2 aromatic carbocycles. The summed E-state index contributed by atoms with van der Waals surface area (Å²) in [5.41, 5.74) is 1.98. The first kappa shape index (κ1) is 19.4. The molecule has 0 aliphatic rings. The van der Waals surface area contributed by atoms with Crippen LogP contribution in [0.2, 0.25) is 0 Å². The number of nitrogens with one attached hydrogen (secondary N) is 1. The number of rotatable bonds is 6. The van der Waals surface area contributed by atoms with E-state index in [2.05, 4.69) is 29.4 Å². The summed E-state index contributed by atoms with van der Waals surface area (Å²) >= 11 is 1.23. The van der Waals surface area contributed by atoms with Gasteiger partial charge in [0.1, 0.15) is 5.01 Å². The molecule has 1 N–H and O–H groups in total. The first-order valence-corrected chi connectivity index (χ1v) is 9.28. The predicted molar refractivity (Wildman–Crippen MR) is 107 cm³/mol. The van der Waals surface area contributed by atoms with Crippen LogP contribution in [0.5, 0.6) is 5.75 Å². The maximum atomic E-state index is 12.4. The Hall–Kier alpha value is -3.33. The molecule has 1 aromatic heterocycles. The van der Waals surface area contributed by atoms with E-state index in [4.69, 9.17) is 4.74 Å². The molecule has 0 bridgehead atoms. The van der Waals surface area contributed by atoms with E-state index in [1.165, 1.54) is 42.2 Å². The van der Waals surface area contributed by atoms with Gasteiger partial charge in [-0.1, -0.05) is 49.4 Å². The molecule has 9 heteroatoms. The predicted octanol–water partition coefficient (Wildman–Crippen LogP) is 4.50. The van der Waals surface area contributed by atoms with Crippen molar-refractivity contribution in [1.82, 2.24) is 10.2 Å². The van der Waals surface area contributed by atoms with E-state index in [9.17, 15) is 14.9 Å². The number of hydrogen-bond acceptors (Lipinski definition) is 7. The number of hydrogen-bond donors (Lipinski definition) is 1. The molecule has 0 unspecified atom stereocenters. The summed E-state index contributed by atoms with van der Waals surface area (Å²) in [7, 11) is 1.33. The Morgan fingerprint density at radius 1 is 1.18 bits per heavy atom. The molecule has 1 amide bonds. The number of anilines is 1. The minimum absolute atomic E-state index is 0.0876. The van der Waals surface area contributed by atoms with Crippen LogP contribution in [0.3, 0.4) is 0 Å². The van der Waals surface area contributed by atoms with Crippen LogP contribution in [0.4, 0.5) is 10.8 Å². The van der Waals surface area contributed by atoms with Crippen molar-refractivity contribution in [3.8, 4) is 16.3 Å². The van der Waals surface area contributed by atoms with Crippen molar-refractivity contribution in [3.05, 3.63) is 63.7 Å². The van der Waals surface area contributed by atoms with Crippen LogP contribution in [0, 0.1) is 10.1 Å². The van der Waals surface area contributed by atoms with Gasteiger partial charge < -0.3 is 4.74 Å². The molecule has 0 aliphatic heterocycles. The molecular formula is C19H18N4O4S. The number of nitrogens with zero attached hydrogens (tertiary/aromatic N) is 3. The smallest absolute Gasteiger partial charge is 0.311 e. The van der Waals surface area contributed by atoms with Crippen molar-refractivity contribution < 1.29 is 14.5 Å². The third kappa shape index (κ3) is 4.15. The van der Waals surface area contributed by atoms with Crippen molar-refractivity contribution in [2.75, 3.05) is 12.4 Å². The van der Waals surface area contributed by atoms with Crippen molar-refractivity contribution in [2.45, 2.75) is 19.8 Å². The number of aromatic nitrogens is 2. The fraction of sp³-hybridized carbons (Fsp3) is 0.211. The standard InChI is InChI=1S/C19H18N4O4S/c1-11(2)12-4-6-13(7-5-12)18-21-22-19(28-18)20-17(24)14-8-9-16(27-3)15(10-14)23(25)26/h4-11H,1-3H3,(H,20,22,24). The molecule has 0 fully saturated rings. The average Bonchev–Trinajstić information content (AvgIpc) is 3.15. The van der Waals surface area contributed by atoms with Crippen LogP contribution < -0.4 is 10.1 Å². The summed E-state index contributed by atoms with van der Waals surface area (Å²) in [5, 5.41) is 22.8. The third-order valence-corrected chi connectivity index (χ3v) is 5.00. The molecule has 0 saturated carbocycles. The zero-order valence-electron chi connectivity index (χ0n) is 15.5. The Morgan fingerprint density at radius 3 is 2.50 bits per heavy atom. The minimum atomic E-state index is -0.598. The summed E-state index contributed by atoms with van der Waals surface area (Å²) in [6, 6.07) is 12.0. The zero-order chi connectivity index (χ0) is 20.3. The Morgan fingerprint density at radius 2 is 1.89 bits per heavy atom. The topological polar surface area (TPSA) is 107 Å². The number of nitro groups is 1. The molecule has 0 spiro atoms. The van der Waals surface area contributed by atoms with Gasteiger partial charge in [-0.25, -0.2) is 0 Å². The van der Waals surface area contributed by atoms with E-state index in [0.717, 1.165) is 5.56 Å². The van der Waals surface area contributed by atoms with Gasteiger partial charge in [0.2, 0.25) is 5.13 Å². The Balaban J connectivity index is 1.77. The quantitative estimate of drug-likeness (QED) is 0.484. The number of nitro benzene ring substituents is 1. The summed E-state index contributed by atoms with van der Waals surface area (Å²) in [5.74, 6) is 0.0140. The van der Waals surface area contributed by atoms with Gasteiger partial charge in [-0.3, -0.25) is 20.2 Å². The van der Waals surface area contributed by atoms with Gasteiger partial charge in [0.25, 0.3) is 5.91 Å². The van der Waals surface area contributed by atoms with Crippen molar-refractivity contribution in [2.24, 2.45) is 0 Å². The van der Waals surface area contributed by atoms with E-state index in [1.54, 1.807) is 0 Å². The van der Waals surface area contributed by atoms with Gasteiger partial charge in [0, 0.05) is 17.2 Å². The van der Waals surface area contributed by atoms with E-state index in [1.807, 2.05) is 24.3 Å². The number of ether oxygens (including phenoxy) is 1. The lowest BCUT2D eigenvalue weighted by Gasteiger charge is -2.05. The lowest BCUT2D eigenvalue weighted by molar-refractivity contribution is -0.385. The van der Waals surface area contributed by atoms with Crippen LogP contribution >= 0.6 is 11.3 Å². The zero-order valence-corrected chi connectivity index (χ0v) is 16.3. The molecule has 28 heavy (non-hydrogen) atoms. The molecule has 0 radical (unpaired) electrons. The SMILES string of the molecule is COc1ccc(C(=O)Nc2nnc(-c3ccc(C(C)C)cc3)s2)cc1[N+](=O)[O-]. The van der Waals surface area contributed by atoms with Gasteiger partial charge in [0.05, 0.1) is 12.0 Å². The first-order chi connectivity index (χ1) is 13.4. The van der Waals surface area contributed by atoms with Crippen LogP contribution in [-0.2, 0) is 0 Å². The molecule has 8 nitrogen and oxygen atoms in total. The molecule has 144 valence electrons. The van der Waals surface area contributed by atoms with Gasteiger partial charge in [-0.15, -0.1) is 10.2 Å². The largest absolute Gasteiger partial charge is 0.490 e. The monoisotopic (exact) mass is 398 g/mol. The maximum Gasteiger partial charge on any atom is 0.311 e. The highest BCUT2D eigenvalue weighted by atomic mass is 32.1. The lowest BCUT2D eigenvalue weighted by Crippen LogP contribution is -2.12. The Kier molecular flexibility index (Phi) is 5.65. The molecule has 0 atom stereocenters. The van der Waals surface area contributed by atoms with Gasteiger partial charge >= 0.3 is 5.69 Å². The number of amides is 1. The Bertz CT molecular complexity index is 1020. The van der Waals surface area contributed by atoms with Gasteiger partial charge in [0.15, 0.2) is 5.75 Å². The highest BCUT2D eigenvalue weighted by molar-refractivity contribution is 7.18. The van der Waals surface area contributed by atoms with Crippen molar-refractivity contribution in [3.63, 3.8) is 0 Å². The molecule has 0 aliphatic carbocycles. The maximum absolute atomic E-state index is 12.4.